The van der Waals surface area contributed by atoms with E-state index in [0.717, 1.165) is 35.5 Å². The summed E-state index contributed by atoms with van der Waals surface area (Å²) < 4.78 is 27.8. The molecule has 1 aromatic heterocycles. The van der Waals surface area contributed by atoms with Crippen molar-refractivity contribution in [1.29, 1.82) is 0 Å². The van der Waals surface area contributed by atoms with Crippen molar-refractivity contribution in [2.24, 2.45) is 0 Å². The van der Waals surface area contributed by atoms with Crippen molar-refractivity contribution in [2.75, 3.05) is 21.9 Å². The topological polar surface area (TPSA) is 100 Å². The zero-order valence-electron chi connectivity index (χ0n) is 22.3. The van der Waals surface area contributed by atoms with Crippen LogP contribution in [-0.4, -0.2) is 25.9 Å². The van der Waals surface area contributed by atoms with Crippen LogP contribution in [0.3, 0.4) is 0 Å². The second kappa shape index (κ2) is 12.9. The Morgan fingerprint density at radius 3 is 2.07 bits per heavy atom. The first-order chi connectivity index (χ1) is 19.9. The molecule has 1 heterocycles. The van der Waals surface area contributed by atoms with Crippen LogP contribution in [0.5, 0.6) is 0 Å². The Morgan fingerprint density at radius 1 is 0.683 bits per heavy atom. The average Bonchev–Trinajstić information content (AvgIpc) is 2.99. The molecular weight excluding hydrogens is 532 g/mol. The number of nitrogens with one attached hydrogen (secondary N) is 3. The van der Waals surface area contributed by atoms with Gasteiger partial charge in [0.05, 0.1) is 5.75 Å². The second-order valence-corrected chi connectivity index (χ2v) is 11.2. The molecule has 41 heavy (non-hydrogen) atoms. The highest BCUT2D eigenvalue weighted by molar-refractivity contribution is 7.91. The predicted molar refractivity (Wildman–Crippen MR) is 165 cm³/mol. The highest BCUT2D eigenvalue weighted by Crippen LogP contribution is 2.27. The summed E-state index contributed by atoms with van der Waals surface area (Å²) in [6, 6.07) is 36.8. The summed E-state index contributed by atoms with van der Waals surface area (Å²) in [5, 5.41) is 6.35. The number of hydrogen-bond donors (Lipinski definition) is 3. The fraction of sp³-hybridized carbons (Fsp3) is 0.0909. The number of rotatable bonds is 11. The fourth-order valence-corrected chi connectivity index (χ4v) is 5.61. The molecule has 0 bridgehead atoms. The van der Waals surface area contributed by atoms with Crippen molar-refractivity contribution in [1.82, 2.24) is 4.98 Å². The van der Waals surface area contributed by atoms with Crippen LogP contribution in [-0.2, 0) is 22.2 Å². The minimum Gasteiger partial charge on any atom is -0.385 e. The summed E-state index contributed by atoms with van der Waals surface area (Å²) in [5.74, 6) is -0.343. The summed E-state index contributed by atoms with van der Waals surface area (Å²) in [4.78, 5) is 17.6. The molecule has 7 nitrogen and oxygen atoms in total. The third kappa shape index (κ3) is 7.80. The molecule has 5 rings (SSSR count). The Kier molecular flexibility index (Phi) is 8.71. The fourth-order valence-electron chi connectivity index (χ4n) is 4.41. The summed E-state index contributed by atoms with van der Waals surface area (Å²) >= 11 is 0. The van der Waals surface area contributed by atoms with Gasteiger partial charge in [0, 0.05) is 47.5 Å². The number of pyridine rings is 1. The first-order valence-electron chi connectivity index (χ1n) is 13.2. The molecule has 0 fully saturated rings. The van der Waals surface area contributed by atoms with E-state index < -0.39 is 10.0 Å². The Labute approximate surface area is 240 Å². The maximum atomic E-state index is 13.2. The molecule has 0 saturated carbocycles. The lowest BCUT2D eigenvalue weighted by Crippen LogP contribution is -2.15. The Hall–Kier alpha value is -4.95. The zero-order chi connectivity index (χ0) is 28.5. The number of aromatic nitrogens is 1. The number of sulfonamides is 1. The van der Waals surface area contributed by atoms with Gasteiger partial charge in [-0.05, 0) is 71.3 Å². The lowest BCUT2D eigenvalue weighted by atomic mass is 9.99. The van der Waals surface area contributed by atoms with E-state index in [9.17, 15) is 13.2 Å². The lowest BCUT2D eigenvalue weighted by Gasteiger charge is -2.13. The molecule has 0 aliphatic rings. The van der Waals surface area contributed by atoms with Crippen LogP contribution >= 0.6 is 0 Å². The first-order valence-corrected chi connectivity index (χ1v) is 14.9. The average molecular weight is 563 g/mol. The Balaban J connectivity index is 1.21. The van der Waals surface area contributed by atoms with Gasteiger partial charge in [0.1, 0.15) is 0 Å². The van der Waals surface area contributed by atoms with E-state index in [-0.39, 0.29) is 11.7 Å². The smallest absolute Gasteiger partial charge is 0.256 e. The molecule has 1 amide bonds. The molecule has 0 radical (unpaired) electrons. The molecule has 0 aliphatic carbocycles. The molecule has 206 valence electrons. The number of amides is 1. The van der Waals surface area contributed by atoms with Gasteiger partial charge < -0.3 is 10.6 Å². The van der Waals surface area contributed by atoms with E-state index >= 15 is 0 Å². The van der Waals surface area contributed by atoms with Crippen molar-refractivity contribution in [3.8, 4) is 11.1 Å². The van der Waals surface area contributed by atoms with Gasteiger partial charge in [0.2, 0.25) is 10.0 Å². The van der Waals surface area contributed by atoms with Crippen LogP contribution in [0.1, 0.15) is 21.6 Å². The van der Waals surface area contributed by atoms with Crippen LogP contribution in [0.4, 0.5) is 17.1 Å². The van der Waals surface area contributed by atoms with Crippen molar-refractivity contribution in [2.45, 2.75) is 12.2 Å². The monoisotopic (exact) mass is 562 g/mol. The predicted octanol–water partition coefficient (Wildman–Crippen LogP) is 6.60. The summed E-state index contributed by atoms with van der Waals surface area (Å²) in [6.07, 6.45) is 2.61. The van der Waals surface area contributed by atoms with Gasteiger partial charge in [-0.1, -0.05) is 66.7 Å². The van der Waals surface area contributed by atoms with E-state index in [1.54, 1.807) is 48.7 Å². The molecule has 0 saturated heterocycles. The standard InChI is InChI=1S/C33H30N4O3S/c38-33(36-29-19-17-28(18-20-29)35-23-21-27-10-6-7-22-34-27)32-12-5-4-11-31(32)26-13-15-30(16-14-26)37-41(39,40)24-25-8-2-1-3-9-25/h1-20,22,35,37H,21,23-24H2,(H,36,38). The van der Waals surface area contributed by atoms with Crippen LogP contribution < -0.4 is 15.4 Å². The van der Waals surface area contributed by atoms with Crippen molar-refractivity contribution in [3.05, 3.63) is 144 Å². The summed E-state index contributed by atoms with van der Waals surface area (Å²) in [7, 11) is -3.56. The maximum absolute atomic E-state index is 13.2. The highest BCUT2D eigenvalue weighted by Gasteiger charge is 2.15. The molecule has 0 spiro atoms. The third-order valence-electron chi connectivity index (χ3n) is 6.42. The van der Waals surface area contributed by atoms with Crippen LogP contribution in [0, 0.1) is 0 Å². The normalized spacial score (nSPS) is 11.0. The Morgan fingerprint density at radius 2 is 1.34 bits per heavy atom. The van der Waals surface area contributed by atoms with Crippen LogP contribution in [0.25, 0.3) is 11.1 Å². The van der Waals surface area contributed by atoms with E-state index in [1.807, 2.05) is 78.9 Å². The number of carbonyl (C=O) groups excluding carboxylic acids is 1. The van der Waals surface area contributed by atoms with E-state index in [1.165, 1.54) is 0 Å². The number of anilines is 3. The van der Waals surface area contributed by atoms with Crippen molar-refractivity contribution in [3.63, 3.8) is 0 Å². The van der Waals surface area contributed by atoms with Gasteiger partial charge in [0.15, 0.2) is 0 Å². The molecule has 8 heteroatoms. The molecule has 5 aromatic rings. The second-order valence-electron chi connectivity index (χ2n) is 9.50. The van der Waals surface area contributed by atoms with Gasteiger partial charge >= 0.3 is 0 Å². The lowest BCUT2D eigenvalue weighted by molar-refractivity contribution is 0.102. The molecule has 0 unspecified atom stereocenters. The molecule has 0 atom stereocenters. The van der Waals surface area contributed by atoms with Crippen LogP contribution in [0.15, 0.2) is 128 Å². The summed E-state index contributed by atoms with van der Waals surface area (Å²) in [5.41, 5.74) is 5.90. The van der Waals surface area contributed by atoms with Gasteiger partial charge in [-0.3, -0.25) is 14.5 Å². The van der Waals surface area contributed by atoms with Gasteiger partial charge in [0.25, 0.3) is 5.91 Å². The molecular formula is C33H30N4O3S. The molecule has 3 N–H and O–H groups in total. The van der Waals surface area contributed by atoms with Gasteiger partial charge in [-0.25, -0.2) is 8.42 Å². The largest absolute Gasteiger partial charge is 0.385 e. The number of hydrogen-bond acceptors (Lipinski definition) is 5. The Bertz CT molecular complexity index is 1690. The third-order valence-corrected chi connectivity index (χ3v) is 7.68. The van der Waals surface area contributed by atoms with Gasteiger partial charge in [-0.2, -0.15) is 0 Å². The van der Waals surface area contributed by atoms with E-state index in [2.05, 4.69) is 20.3 Å². The SMILES string of the molecule is O=C(Nc1ccc(NCCc2ccccn2)cc1)c1ccccc1-c1ccc(NS(=O)(=O)Cc2ccccc2)cc1. The number of nitrogens with zero attached hydrogens (tertiary/aromatic N) is 1. The molecule has 4 aromatic carbocycles. The van der Waals surface area contributed by atoms with Crippen molar-refractivity contribution >= 4 is 33.0 Å². The van der Waals surface area contributed by atoms with Gasteiger partial charge in [-0.15, -0.1) is 0 Å². The zero-order valence-corrected chi connectivity index (χ0v) is 23.1. The van der Waals surface area contributed by atoms with Crippen molar-refractivity contribution < 1.29 is 13.2 Å². The first kappa shape index (κ1) is 27.6. The quantitative estimate of drug-likeness (QED) is 0.168. The summed E-state index contributed by atoms with van der Waals surface area (Å²) in [6.45, 7) is 0.753. The number of carbonyl (C=O) groups is 1. The minimum atomic E-state index is -3.56. The van der Waals surface area contributed by atoms with Crippen LogP contribution in [0.2, 0.25) is 0 Å². The minimum absolute atomic E-state index is 0.110. The molecule has 0 aliphatic heterocycles. The number of benzene rings is 4. The maximum Gasteiger partial charge on any atom is 0.256 e. The highest BCUT2D eigenvalue weighted by atomic mass is 32.2. The van der Waals surface area contributed by atoms with E-state index in [0.29, 0.717) is 22.5 Å². The van der Waals surface area contributed by atoms with E-state index in [4.69, 9.17) is 0 Å².